The summed E-state index contributed by atoms with van der Waals surface area (Å²) in [5, 5.41) is 0. The molecule has 1 aromatic heterocycles. The van der Waals surface area contributed by atoms with Gasteiger partial charge in [0.25, 0.3) is 10.0 Å². The molecule has 1 heterocycles. The maximum atomic E-state index is 11.4. The molecule has 15 heavy (non-hydrogen) atoms. The van der Waals surface area contributed by atoms with Gasteiger partial charge in [0.1, 0.15) is 0 Å². The first-order chi connectivity index (χ1) is 7.03. The molecule has 0 saturated carbocycles. The Morgan fingerprint density at radius 2 is 2.33 bits per heavy atom. The number of aromatic nitrogens is 1. The van der Waals surface area contributed by atoms with E-state index in [4.69, 9.17) is 0 Å². The third-order valence-corrected chi connectivity index (χ3v) is 4.30. The van der Waals surface area contributed by atoms with Gasteiger partial charge in [0.15, 0.2) is 9.90 Å². The highest BCUT2D eigenvalue weighted by Crippen LogP contribution is 2.20. The molecule has 0 saturated heterocycles. The predicted molar refractivity (Wildman–Crippen MR) is 54.3 cm³/mol. The van der Waals surface area contributed by atoms with Gasteiger partial charge < -0.3 is 4.74 Å². The van der Waals surface area contributed by atoms with Crippen molar-refractivity contribution in [2.75, 3.05) is 13.7 Å². The molecule has 0 fully saturated rings. The van der Waals surface area contributed by atoms with Crippen molar-refractivity contribution in [2.45, 2.75) is 11.1 Å². The molecular weight excluding hydrogens is 240 g/mol. The number of esters is 1. The molecule has 0 radical (unpaired) electrons. The number of thiazole rings is 1. The zero-order valence-electron chi connectivity index (χ0n) is 8.18. The van der Waals surface area contributed by atoms with Gasteiger partial charge in [0.2, 0.25) is 0 Å². The summed E-state index contributed by atoms with van der Waals surface area (Å²) in [5.41, 5.74) is 1.12. The van der Waals surface area contributed by atoms with Crippen LogP contribution in [-0.4, -0.2) is 33.0 Å². The SMILES string of the molecule is CCOC(=O)c1ncsc1S(=O)(=O)NC. The fraction of sp³-hybridized carbons (Fsp3) is 0.429. The molecular formula is C7H10N2O4S2. The van der Waals surface area contributed by atoms with Gasteiger partial charge in [-0.25, -0.2) is 22.9 Å². The monoisotopic (exact) mass is 250 g/mol. The third-order valence-electron chi connectivity index (χ3n) is 1.52. The smallest absolute Gasteiger partial charge is 0.359 e. The van der Waals surface area contributed by atoms with Crippen molar-refractivity contribution in [1.82, 2.24) is 9.71 Å². The van der Waals surface area contributed by atoms with Crippen LogP contribution in [0, 0.1) is 0 Å². The second-order valence-corrected chi connectivity index (χ2v) is 5.35. The van der Waals surface area contributed by atoms with E-state index in [1.54, 1.807) is 6.92 Å². The molecule has 0 atom stereocenters. The Kier molecular flexibility index (Phi) is 3.77. The minimum atomic E-state index is -3.64. The predicted octanol–water partition coefficient (Wildman–Crippen LogP) is 0.228. The van der Waals surface area contributed by atoms with E-state index in [0.717, 1.165) is 11.3 Å². The van der Waals surface area contributed by atoms with E-state index >= 15 is 0 Å². The van der Waals surface area contributed by atoms with Crippen molar-refractivity contribution in [3.8, 4) is 0 Å². The average Bonchev–Trinajstić information content (AvgIpc) is 2.67. The quantitative estimate of drug-likeness (QED) is 0.773. The third kappa shape index (κ3) is 2.52. The van der Waals surface area contributed by atoms with Crippen LogP contribution in [0.4, 0.5) is 0 Å². The van der Waals surface area contributed by atoms with Gasteiger partial charge in [0.05, 0.1) is 12.1 Å². The number of hydrogen-bond acceptors (Lipinski definition) is 6. The molecule has 8 heteroatoms. The Bertz CT molecular complexity index is 451. The summed E-state index contributed by atoms with van der Waals surface area (Å²) in [6.45, 7) is 1.81. The summed E-state index contributed by atoms with van der Waals surface area (Å²) in [5.74, 6) is -0.729. The molecule has 0 aliphatic rings. The first-order valence-corrected chi connectivity index (χ1v) is 6.43. The second-order valence-electron chi connectivity index (χ2n) is 2.42. The molecule has 1 N–H and O–H groups in total. The lowest BCUT2D eigenvalue weighted by Crippen LogP contribution is -2.20. The van der Waals surface area contributed by atoms with Crippen molar-refractivity contribution in [3.05, 3.63) is 11.2 Å². The number of nitrogens with one attached hydrogen (secondary N) is 1. The molecule has 0 unspecified atom stereocenters. The Labute approximate surface area is 91.3 Å². The Morgan fingerprint density at radius 1 is 1.67 bits per heavy atom. The normalized spacial score (nSPS) is 11.3. The van der Waals surface area contributed by atoms with Gasteiger partial charge in [-0.05, 0) is 14.0 Å². The second kappa shape index (κ2) is 4.69. The molecule has 84 valence electrons. The fourth-order valence-corrected chi connectivity index (χ4v) is 2.82. The molecule has 0 aliphatic heterocycles. The summed E-state index contributed by atoms with van der Waals surface area (Å²) in [6.07, 6.45) is 0. The number of ether oxygens (including phenoxy) is 1. The van der Waals surface area contributed by atoms with E-state index in [1.165, 1.54) is 12.6 Å². The fourth-order valence-electron chi connectivity index (χ4n) is 0.854. The maximum absolute atomic E-state index is 11.4. The van der Waals surface area contributed by atoms with Crippen LogP contribution in [0.25, 0.3) is 0 Å². The van der Waals surface area contributed by atoms with Crippen LogP contribution < -0.4 is 4.72 Å². The van der Waals surface area contributed by atoms with Crippen LogP contribution in [-0.2, 0) is 14.8 Å². The molecule has 1 rings (SSSR count). The Balaban J connectivity index is 3.13. The minimum Gasteiger partial charge on any atom is -0.461 e. The minimum absolute atomic E-state index is 0.122. The molecule has 0 spiro atoms. The van der Waals surface area contributed by atoms with Crippen molar-refractivity contribution in [1.29, 1.82) is 0 Å². The number of nitrogens with zero attached hydrogens (tertiary/aromatic N) is 1. The zero-order valence-corrected chi connectivity index (χ0v) is 9.81. The van der Waals surface area contributed by atoms with Crippen LogP contribution in [0.5, 0.6) is 0 Å². The van der Waals surface area contributed by atoms with E-state index in [9.17, 15) is 13.2 Å². The molecule has 6 nitrogen and oxygen atoms in total. The van der Waals surface area contributed by atoms with E-state index in [0.29, 0.717) is 0 Å². The summed E-state index contributed by atoms with van der Waals surface area (Å²) < 4.78 is 29.6. The zero-order chi connectivity index (χ0) is 11.5. The summed E-state index contributed by atoms with van der Waals surface area (Å²) in [7, 11) is -2.38. The van der Waals surface area contributed by atoms with Crippen LogP contribution in [0.2, 0.25) is 0 Å². The van der Waals surface area contributed by atoms with E-state index in [1.807, 2.05) is 0 Å². The topological polar surface area (TPSA) is 85.4 Å². The van der Waals surface area contributed by atoms with Gasteiger partial charge in [-0.2, -0.15) is 0 Å². The number of sulfonamides is 1. The summed E-state index contributed by atoms with van der Waals surface area (Å²) >= 11 is 0.873. The molecule has 1 aromatic rings. The van der Waals surface area contributed by atoms with E-state index < -0.39 is 16.0 Å². The van der Waals surface area contributed by atoms with Crippen molar-refractivity contribution in [3.63, 3.8) is 0 Å². The van der Waals surface area contributed by atoms with E-state index in [-0.39, 0.29) is 16.5 Å². The van der Waals surface area contributed by atoms with Crippen molar-refractivity contribution in [2.24, 2.45) is 0 Å². The van der Waals surface area contributed by atoms with Gasteiger partial charge in [-0.15, -0.1) is 11.3 Å². The first kappa shape index (κ1) is 12.1. The lowest BCUT2D eigenvalue weighted by molar-refractivity contribution is 0.0516. The van der Waals surface area contributed by atoms with E-state index in [2.05, 4.69) is 14.4 Å². The van der Waals surface area contributed by atoms with Crippen LogP contribution in [0.3, 0.4) is 0 Å². The molecule has 0 amide bonds. The van der Waals surface area contributed by atoms with Crippen molar-refractivity contribution >= 4 is 27.3 Å². The molecule has 0 aliphatic carbocycles. The van der Waals surface area contributed by atoms with Crippen molar-refractivity contribution < 1.29 is 17.9 Å². The standard InChI is InChI=1S/C7H10N2O4S2/c1-3-13-6(10)5-7(14-4-9-5)15(11,12)8-2/h4,8H,3H2,1-2H3. The maximum Gasteiger partial charge on any atom is 0.359 e. The van der Waals surface area contributed by atoms with Gasteiger partial charge >= 0.3 is 5.97 Å². The lowest BCUT2D eigenvalue weighted by atomic mass is 10.5. The lowest BCUT2D eigenvalue weighted by Gasteiger charge is -2.02. The van der Waals surface area contributed by atoms with Crippen LogP contribution in [0.15, 0.2) is 9.72 Å². The van der Waals surface area contributed by atoms with Gasteiger partial charge in [0, 0.05) is 0 Å². The highest BCUT2D eigenvalue weighted by atomic mass is 32.2. The largest absolute Gasteiger partial charge is 0.461 e. The summed E-state index contributed by atoms with van der Waals surface area (Å²) in [4.78, 5) is 15.0. The van der Waals surface area contributed by atoms with Gasteiger partial charge in [-0.3, -0.25) is 0 Å². The number of rotatable bonds is 4. The number of hydrogen-bond donors (Lipinski definition) is 1. The highest BCUT2D eigenvalue weighted by Gasteiger charge is 2.25. The number of carbonyl (C=O) groups is 1. The van der Waals surface area contributed by atoms with Gasteiger partial charge in [-0.1, -0.05) is 0 Å². The Morgan fingerprint density at radius 3 is 2.87 bits per heavy atom. The summed E-state index contributed by atoms with van der Waals surface area (Å²) in [6, 6.07) is 0. The molecule has 0 aromatic carbocycles. The highest BCUT2D eigenvalue weighted by molar-refractivity contribution is 7.91. The Hall–Kier alpha value is -0.990. The average molecular weight is 250 g/mol. The molecule has 0 bridgehead atoms. The number of carbonyl (C=O) groups excluding carboxylic acids is 1. The van der Waals surface area contributed by atoms with Crippen LogP contribution in [0.1, 0.15) is 17.4 Å². The first-order valence-electron chi connectivity index (χ1n) is 4.07. The van der Waals surface area contributed by atoms with Crippen LogP contribution >= 0.6 is 11.3 Å².